The Morgan fingerprint density at radius 2 is 2.22 bits per heavy atom. The zero-order valence-electron chi connectivity index (χ0n) is 10.6. The summed E-state index contributed by atoms with van der Waals surface area (Å²) in [4.78, 5) is 11.6. The van der Waals surface area contributed by atoms with E-state index in [4.69, 9.17) is 10.5 Å². The molecule has 0 aromatic heterocycles. The molecule has 0 fully saturated rings. The van der Waals surface area contributed by atoms with Crippen molar-refractivity contribution in [2.75, 3.05) is 36.2 Å². The molecule has 1 aromatic carbocycles. The van der Waals surface area contributed by atoms with Gasteiger partial charge in [-0.05, 0) is 19.1 Å². The average molecular weight is 270 g/mol. The molecule has 0 aliphatic rings. The van der Waals surface area contributed by atoms with Gasteiger partial charge in [0.2, 0.25) is 0 Å². The van der Waals surface area contributed by atoms with Crippen molar-refractivity contribution >= 4 is 28.1 Å². The maximum absolute atomic E-state index is 11.6. The second kappa shape index (κ2) is 7.00. The lowest BCUT2D eigenvalue weighted by Gasteiger charge is -2.11. The number of rotatable bonds is 6. The van der Waals surface area contributed by atoms with Crippen LogP contribution in [0.1, 0.15) is 17.3 Å². The van der Waals surface area contributed by atoms with E-state index in [1.807, 2.05) is 0 Å². The van der Waals surface area contributed by atoms with E-state index < -0.39 is 16.8 Å². The molecular weight excluding hydrogens is 252 g/mol. The third-order valence-corrected chi connectivity index (χ3v) is 3.09. The van der Waals surface area contributed by atoms with Gasteiger partial charge in [0, 0.05) is 29.4 Å². The minimum Gasteiger partial charge on any atom is -0.462 e. The summed E-state index contributed by atoms with van der Waals surface area (Å²) in [5, 5.41) is 3.06. The van der Waals surface area contributed by atoms with Gasteiger partial charge in [-0.15, -0.1) is 0 Å². The third kappa shape index (κ3) is 4.03. The third-order valence-electron chi connectivity index (χ3n) is 2.31. The number of carbonyl (C=O) groups is 1. The van der Waals surface area contributed by atoms with Crippen LogP contribution in [0.15, 0.2) is 18.2 Å². The minimum absolute atomic E-state index is 0.310. The highest BCUT2D eigenvalue weighted by atomic mass is 32.2. The van der Waals surface area contributed by atoms with E-state index in [0.717, 1.165) is 0 Å². The fourth-order valence-electron chi connectivity index (χ4n) is 1.44. The smallest absolute Gasteiger partial charge is 0.340 e. The highest BCUT2D eigenvalue weighted by Crippen LogP contribution is 2.23. The zero-order chi connectivity index (χ0) is 13.5. The Morgan fingerprint density at radius 1 is 1.50 bits per heavy atom. The largest absolute Gasteiger partial charge is 0.462 e. The van der Waals surface area contributed by atoms with Gasteiger partial charge < -0.3 is 15.8 Å². The Labute approximate surface area is 109 Å². The lowest BCUT2D eigenvalue weighted by molar-refractivity contribution is 0.0527. The highest BCUT2D eigenvalue weighted by Gasteiger charge is 2.13. The Kier molecular flexibility index (Phi) is 5.64. The summed E-state index contributed by atoms with van der Waals surface area (Å²) in [7, 11) is -0.858. The van der Waals surface area contributed by atoms with E-state index in [1.165, 1.54) is 0 Å². The van der Waals surface area contributed by atoms with Gasteiger partial charge in [-0.25, -0.2) is 4.79 Å². The number of ether oxygens (including phenoxy) is 1. The van der Waals surface area contributed by atoms with E-state index in [0.29, 0.717) is 35.8 Å². The predicted octanol–water partition coefficient (Wildman–Crippen LogP) is 1.24. The molecule has 0 aliphatic carbocycles. The topological polar surface area (TPSA) is 81.4 Å². The van der Waals surface area contributed by atoms with Crippen LogP contribution in [0.2, 0.25) is 0 Å². The van der Waals surface area contributed by atoms with E-state index in [9.17, 15) is 9.00 Å². The molecule has 0 saturated heterocycles. The lowest BCUT2D eigenvalue weighted by Crippen LogP contribution is -2.13. The van der Waals surface area contributed by atoms with Crippen LogP contribution in [0.5, 0.6) is 0 Å². The average Bonchev–Trinajstić information content (AvgIpc) is 2.31. The number of hydrogen-bond donors (Lipinski definition) is 2. The summed E-state index contributed by atoms with van der Waals surface area (Å²) >= 11 is 0. The molecule has 0 saturated carbocycles. The fraction of sp³-hybridized carbons (Fsp3) is 0.417. The molecule has 1 rings (SSSR count). The number of nitrogens with two attached hydrogens (primary N) is 1. The summed E-state index contributed by atoms with van der Waals surface area (Å²) < 4.78 is 15.9. The molecule has 100 valence electrons. The molecule has 1 unspecified atom stereocenters. The first-order valence-electron chi connectivity index (χ1n) is 5.65. The molecule has 5 nitrogen and oxygen atoms in total. The van der Waals surface area contributed by atoms with Crippen molar-refractivity contribution in [1.29, 1.82) is 0 Å². The first kappa shape index (κ1) is 14.5. The molecule has 0 heterocycles. The number of para-hydroxylation sites is 1. The Hall–Kier alpha value is -1.56. The Morgan fingerprint density at radius 3 is 2.83 bits per heavy atom. The summed E-state index contributed by atoms with van der Waals surface area (Å²) in [5.74, 6) is 0.0982. The van der Waals surface area contributed by atoms with E-state index in [2.05, 4.69) is 5.32 Å². The molecule has 0 radical (unpaired) electrons. The first-order chi connectivity index (χ1) is 8.56. The number of carbonyl (C=O) groups excluding carboxylic acids is 1. The number of anilines is 2. The van der Waals surface area contributed by atoms with Crippen molar-refractivity contribution in [3.05, 3.63) is 23.8 Å². The Bertz CT molecular complexity index is 449. The molecule has 0 amide bonds. The molecule has 0 spiro atoms. The normalized spacial score (nSPS) is 11.9. The molecule has 18 heavy (non-hydrogen) atoms. The van der Waals surface area contributed by atoms with Gasteiger partial charge in [-0.2, -0.15) is 0 Å². The van der Waals surface area contributed by atoms with Crippen LogP contribution >= 0.6 is 0 Å². The second-order valence-corrected chi connectivity index (χ2v) is 5.25. The molecule has 6 heteroatoms. The van der Waals surface area contributed by atoms with Crippen LogP contribution < -0.4 is 11.1 Å². The molecule has 0 bridgehead atoms. The van der Waals surface area contributed by atoms with Gasteiger partial charge in [0.15, 0.2) is 0 Å². The first-order valence-corrected chi connectivity index (χ1v) is 7.38. The molecule has 0 aliphatic heterocycles. The Balaban J connectivity index is 2.78. The van der Waals surface area contributed by atoms with E-state index >= 15 is 0 Å². The van der Waals surface area contributed by atoms with Crippen molar-refractivity contribution in [3.63, 3.8) is 0 Å². The highest BCUT2D eigenvalue weighted by molar-refractivity contribution is 7.84. The molecule has 1 aromatic rings. The minimum atomic E-state index is -0.858. The van der Waals surface area contributed by atoms with Crippen molar-refractivity contribution in [2.45, 2.75) is 6.92 Å². The van der Waals surface area contributed by atoms with Crippen LogP contribution in [-0.2, 0) is 15.5 Å². The van der Waals surface area contributed by atoms with Crippen molar-refractivity contribution < 1.29 is 13.7 Å². The SMILES string of the molecule is CCOC(=O)c1cccc(NCCS(C)=O)c1N. The number of benzene rings is 1. The van der Waals surface area contributed by atoms with Gasteiger partial charge in [0.1, 0.15) is 0 Å². The predicted molar refractivity (Wildman–Crippen MR) is 74.2 cm³/mol. The van der Waals surface area contributed by atoms with Gasteiger partial charge in [-0.1, -0.05) is 6.07 Å². The van der Waals surface area contributed by atoms with E-state index in [1.54, 1.807) is 31.4 Å². The quantitative estimate of drug-likeness (QED) is 0.600. The summed E-state index contributed by atoms with van der Waals surface area (Å²) in [5.41, 5.74) is 7.26. The molecule has 3 N–H and O–H groups in total. The van der Waals surface area contributed by atoms with Gasteiger partial charge >= 0.3 is 5.97 Å². The zero-order valence-corrected chi connectivity index (χ0v) is 11.4. The molecule has 1 atom stereocenters. The van der Waals surface area contributed by atoms with Gasteiger partial charge in [0.25, 0.3) is 0 Å². The van der Waals surface area contributed by atoms with Gasteiger partial charge in [0.05, 0.1) is 23.5 Å². The van der Waals surface area contributed by atoms with E-state index in [-0.39, 0.29) is 0 Å². The van der Waals surface area contributed by atoms with Crippen LogP contribution in [-0.4, -0.2) is 35.3 Å². The lowest BCUT2D eigenvalue weighted by atomic mass is 10.1. The fourth-order valence-corrected chi connectivity index (χ4v) is 1.83. The number of nitrogen functional groups attached to an aromatic ring is 1. The van der Waals surface area contributed by atoms with Crippen molar-refractivity contribution in [2.24, 2.45) is 0 Å². The number of esters is 1. The van der Waals surface area contributed by atoms with Crippen LogP contribution in [0.3, 0.4) is 0 Å². The van der Waals surface area contributed by atoms with Crippen LogP contribution in [0.4, 0.5) is 11.4 Å². The standard InChI is InChI=1S/C12H18N2O3S/c1-3-17-12(15)9-5-4-6-10(11(9)13)14-7-8-18(2)16/h4-6,14H,3,7-8,13H2,1-2H3. The van der Waals surface area contributed by atoms with Crippen molar-refractivity contribution in [1.82, 2.24) is 0 Å². The summed E-state index contributed by atoms with van der Waals surface area (Å²) in [6.07, 6.45) is 1.64. The molecular formula is C12H18N2O3S. The number of nitrogens with one attached hydrogen (secondary N) is 1. The van der Waals surface area contributed by atoms with Crippen molar-refractivity contribution in [3.8, 4) is 0 Å². The van der Waals surface area contributed by atoms with Gasteiger partial charge in [-0.3, -0.25) is 4.21 Å². The maximum Gasteiger partial charge on any atom is 0.340 e. The summed E-state index contributed by atoms with van der Waals surface area (Å²) in [6.45, 7) is 2.59. The second-order valence-electron chi connectivity index (χ2n) is 3.69. The van der Waals surface area contributed by atoms with Crippen LogP contribution in [0, 0.1) is 0 Å². The monoisotopic (exact) mass is 270 g/mol. The summed E-state index contributed by atoms with van der Waals surface area (Å²) in [6, 6.07) is 5.13. The van der Waals surface area contributed by atoms with Crippen LogP contribution in [0.25, 0.3) is 0 Å². The maximum atomic E-state index is 11.6. The number of hydrogen-bond acceptors (Lipinski definition) is 5.